The van der Waals surface area contributed by atoms with Crippen LogP contribution in [0.15, 0.2) is 29.4 Å². The topological polar surface area (TPSA) is 89.0 Å². The number of esters is 1. The molecule has 0 saturated carbocycles. The van der Waals surface area contributed by atoms with Gasteiger partial charge in [0.2, 0.25) is 0 Å². The van der Waals surface area contributed by atoms with Gasteiger partial charge in [-0.15, -0.1) is 0 Å². The highest BCUT2D eigenvalue weighted by Gasteiger charge is 2.24. The first-order chi connectivity index (χ1) is 11.5. The van der Waals surface area contributed by atoms with Crippen molar-refractivity contribution < 1.29 is 19.1 Å². The van der Waals surface area contributed by atoms with E-state index < -0.39 is 18.1 Å². The predicted molar refractivity (Wildman–Crippen MR) is 93.1 cm³/mol. The molecule has 0 bridgehead atoms. The number of aryl methyl sites for hydroxylation is 1. The second-order valence-electron chi connectivity index (χ2n) is 5.27. The minimum atomic E-state index is -0.805. The van der Waals surface area contributed by atoms with Crippen LogP contribution in [0.1, 0.15) is 32.3 Å². The van der Waals surface area contributed by atoms with Gasteiger partial charge in [0.05, 0.1) is 19.4 Å². The lowest BCUT2D eigenvalue weighted by Gasteiger charge is -2.19. The second kappa shape index (κ2) is 10.3. The first-order valence-electron chi connectivity index (χ1n) is 7.86. The molecule has 0 heterocycles. The molecule has 1 rings (SSSR count). The molecule has 0 saturated heterocycles. The average Bonchev–Trinajstić information content (AvgIpc) is 2.58. The Morgan fingerprint density at radius 1 is 1.29 bits per heavy atom. The van der Waals surface area contributed by atoms with Crippen molar-refractivity contribution in [3.63, 3.8) is 0 Å². The van der Waals surface area contributed by atoms with E-state index in [4.69, 9.17) is 4.74 Å². The Labute approximate surface area is 142 Å². The van der Waals surface area contributed by atoms with Gasteiger partial charge in [-0.1, -0.05) is 31.5 Å². The third-order valence-corrected chi connectivity index (χ3v) is 3.35. The molecule has 1 aromatic rings. The number of nitrogens with one attached hydrogen (secondary N) is 2. The van der Waals surface area contributed by atoms with Gasteiger partial charge in [0, 0.05) is 5.69 Å². The molecular formula is C17H25N3O4. The van der Waals surface area contributed by atoms with Crippen molar-refractivity contribution in [2.24, 2.45) is 5.10 Å². The summed E-state index contributed by atoms with van der Waals surface area (Å²) in [7, 11) is 1.24. The number of para-hydroxylation sites is 1. The maximum Gasteiger partial charge on any atom is 0.427 e. The van der Waals surface area contributed by atoms with Crippen LogP contribution in [-0.2, 0) is 14.3 Å². The van der Waals surface area contributed by atoms with Crippen molar-refractivity contribution in [1.29, 1.82) is 0 Å². The molecule has 0 aromatic heterocycles. The number of carbonyl (C=O) groups excluding carboxylic acids is 2. The maximum atomic E-state index is 12.4. The van der Waals surface area contributed by atoms with Crippen LogP contribution < -0.4 is 10.7 Å². The van der Waals surface area contributed by atoms with E-state index in [-0.39, 0.29) is 0 Å². The van der Waals surface area contributed by atoms with Crippen LogP contribution >= 0.6 is 0 Å². The monoisotopic (exact) mass is 335 g/mol. The van der Waals surface area contributed by atoms with Gasteiger partial charge in [0.15, 0.2) is 6.04 Å². The van der Waals surface area contributed by atoms with E-state index in [2.05, 4.69) is 20.6 Å². The van der Waals surface area contributed by atoms with Crippen LogP contribution in [0.25, 0.3) is 0 Å². The number of ether oxygens (including phenoxy) is 2. The number of benzene rings is 1. The number of hydrogen-bond donors (Lipinski definition) is 2. The number of amides is 1. The lowest BCUT2D eigenvalue weighted by Crippen LogP contribution is -2.39. The van der Waals surface area contributed by atoms with Gasteiger partial charge in [-0.3, -0.25) is 0 Å². The molecule has 7 heteroatoms. The highest BCUT2D eigenvalue weighted by molar-refractivity contribution is 6.07. The SMILES string of the molecule is CCCCOC(=O)C(Nc1ccccc1C)C(C)=NNC(=O)OC. The molecule has 0 aliphatic carbocycles. The summed E-state index contributed by atoms with van der Waals surface area (Å²) >= 11 is 0. The zero-order valence-electron chi connectivity index (χ0n) is 14.6. The van der Waals surface area contributed by atoms with Crippen LogP contribution in [0.3, 0.4) is 0 Å². The van der Waals surface area contributed by atoms with E-state index in [1.165, 1.54) is 7.11 Å². The fourth-order valence-corrected chi connectivity index (χ4v) is 1.87. The Kier molecular flexibility index (Phi) is 8.32. The van der Waals surface area contributed by atoms with E-state index in [0.29, 0.717) is 12.3 Å². The van der Waals surface area contributed by atoms with Crippen molar-refractivity contribution >= 4 is 23.5 Å². The lowest BCUT2D eigenvalue weighted by atomic mass is 10.1. The van der Waals surface area contributed by atoms with E-state index in [9.17, 15) is 9.59 Å². The molecule has 7 nitrogen and oxygen atoms in total. The minimum absolute atomic E-state index is 0.346. The molecule has 2 N–H and O–H groups in total. The quantitative estimate of drug-likeness (QED) is 0.330. The normalized spacial score (nSPS) is 12.2. The first kappa shape index (κ1) is 19.5. The van der Waals surface area contributed by atoms with Crippen LogP contribution in [0.4, 0.5) is 10.5 Å². The van der Waals surface area contributed by atoms with Gasteiger partial charge in [0.25, 0.3) is 0 Å². The van der Waals surface area contributed by atoms with Crippen molar-refractivity contribution in [3.05, 3.63) is 29.8 Å². The third-order valence-electron chi connectivity index (χ3n) is 3.35. The van der Waals surface area contributed by atoms with E-state index in [1.54, 1.807) is 6.92 Å². The number of nitrogens with zero attached hydrogens (tertiary/aromatic N) is 1. The largest absolute Gasteiger partial charge is 0.464 e. The molecule has 1 unspecified atom stereocenters. The highest BCUT2D eigenvalue weighted by Crippen LogP contribution is 2.15. The van der Waals surface area contributed by atoms with Gasteiger partial charge in [0.1, 0.15) is 0 Å². The van der Waals surface area contributed by atoms with Crippen LogP contribution in [0, 0.1) is 6.92 Å². The molecule has 132 valence electrons. The number of hydrogen-bond acceptors (Lipinski definition) is 6. The molecule has 1 atom stereocenters. The van der Waals surface area contributed by atoms with Crippen LogP contribution in [-0.4, -0.2) is 37.5 Å². The van der Waals surface area contributed by atoms with Crippen molar-refractivity contribution in [1.82, 2.24) is 5.43 Å². The number of rotatable bonds is 8. The zero-order valence-corrected chi connectivity index (χ0v) is 14.6. The molecule has 0 aliphatic heterocycles. The molecular weight excluding hydrogens is 310 g/mol. The van der Waals surface area contributed by atoms with E-state index in [1.807, 2.05) is 38.1 Å². The Balaban J connectivity index is 2.91. The number of carbonyl (C=O) groups is 2. The summed E-state index contributed by atoms with van der Waals surface area (Å²) < 4.78 is 9.75. The summed E-state index contributed by atoms with van der Waals surface area (Å²) in [6, 6.07) is 6.77. The molecule has 1 amide bonds. The Bertz CT molecular complexity index is 587. The fraction of sp³-hybridized carbons (Fsp3) is 0.471. The number of hydrazone groups is 1. The summed E-state index contributed by atoms with van der Waals surface area (Å²) in [6.07, 6.45) is 1.02. The smallest absolute Gasteiger partial charge is 0.427 e. The molecule has 24 heavy (non-hydrogen) atoms. The number of anilines is 1. The van der Waals surface area contributed by atoms with Gasteiger partial charge in [-0.2, -0.15) is 5.10 Å². The average molecular weight is 335 g/mol. The summed E-state index contributed by atoms with van der Waals surface area (Å²) in [5, 5.41) is 7.02. The highest BCUT2D eigenvalue weighted by atomic mass is 16.5. The lowest BCUT2D eigenvalue weighted by molar-refractivity contribution is -0.143. The molecule has 0 fully saturated rings. The first-order valence-corrected chi connectivity index (χ1v) is 7.86. The molecule has 1 aromatic carbocycles. The zero-order chi connectivity index (χ0) is 17.9. The Morgan fingerprint density at radius 2 is 2.00 bits per heavy atom. The van der Waals surface area contributed by atoms with Crippen LogP contribution in [0.5, 0.6) is 0 Å². The van der Waals surface area contributed by atoms with E-state index in [0.717, 1.165) is 24.1 Å². The number of unbranched alkanes of at least 4 members (excludes halogenated alkanes) is 1. The summed E-state index contributed by atoms with van der Waals surface area (Å²) in [6.45, 7) is 5.93. The van der Waals surface area contributed by atoms with Crippen molar-refractivity contribution in [3.8, 4) is 0 Å². The second-order valence-corrected chi connectivity index (χ2v) is 5.27. The number of methoxy groups -OCH3 is 1. The summed E-state index contributed by atoms with van der Waals surface area (Å²) in [4.78, 5) is 23.5. The molecule has 0 aliphatic rings. The minimum Gasteiger partial charge on any atom is -0.464 e. The van der Waals surface area contributed by atoms with Gasteiger partial charge < -0.3 is 14.8 Å². The van der Waals surface area contributed by atoms with Gasteiger partial charge in [-0.05, 0) is 31.9 Å². The Morgan fingerprint density at radius 3 is 2.62 bits per heavy atom. The van der Waals surface area contributed by atoms with Gasteiger partial charge in [-0.25, -0.2) is 15.0 Å². The van der Waals surface area contributed by atoms with Gasteiger partial charge >= 0.3 is 12.1 Å². The molecule has 0 spiro atoms. The van der Waals surface area contributed by atoms with Crippen molar-refractivity contribution in [2.45, 2.75) is 39.7 Å². The van der Waals surface area contributed by atoms with Crippen LogP contribution in [0.2, 0.25) is 0 Å². The summed E-state index contributed by atoms with van der Waals surface area (Å²) in [5.41, 5.74) is 4.36. The fourth-order valence-electron chi connectivity index (χ4n) is 1.87. The van der Waals surface area contributed by atoms with Crippen molar-refractivity contribution in [2.75, 3.05) is 19.0 Å². The molecule has 0 radical (unpaired) electrons. The maximum absolute atomic E-state index is 12.4. The Hall–Kier alpha value is -2.57. The van der Waals surface area contributed by atoms with E-state index >= 15 is 0 Å². The standard InChI is InChI=1S/C17H25N3O4/c1-5-6-11-24-16(21)15(13(3)19-20-17(22)23-4)18-14-10-8-7-9-12(14)2/h7-10,15,18H,5-6,11H2,1-4H3,(H,20,22). The predicted octanol–water partition coefficient (Wildman–Crippen LogP) is 2.85. The summed E-state index contributed by atoms with van der Waals surface area (Å²) in [5.74, 6) is -0.445. The third kappa shape index (κ3) is 6.28.